The summed E-state index contributed by atoms with van der Waals surface area (Å²) in [7, 11) is -4.09. The number of rotatable bonds is 11. The number of carboxylic acid groups (broad SMARTS) is 1. The second-order valence-corrected chi connectivity index (χ2v) is 19.8. The van der Waals surface area contributed by atoms with Gasteiger partial charge in [-0.2, -0.15) is 0 Å². The average Bonchev–Trinajstić information content (AvgIpc) is 4.03. The van der Waals surface area contributed by atoms with Crippen LogP contribution in [0.25, 0.3) is 10.8 Å². The third-order valence-electron chi connectivity index (χ3n) is 13.0. The molecular formula is C42H57F2N5O9S. The number of hydrogen-bond donors (Lipinski definition) is 3. The van der Waals surface area contributed by atoms with Crippen molar-refractivity contribution in [3.63, 3.8) is 0 Å². The van der Waals surface area contributed by atoms with Crippen LogP contribution in [0.15, 0.2) is 42.6 Å². The van der Waals surface area contributed by atoms with Gasteiger partial charge in [-0.1, -0.05) is 32.4 Å². The first-order valence-electron chi connectivity index (χ1n) is 20.5. The third kappa shape index (κ3) is 8.58. The van der Waals surface area contributed by atoms with Crippen LogP contribution in [0, 0.1) is 17.8 Å². The van der Waals surface area contributed by atoms with Crippen LogP contribution in [0.1, 0.15) is 99.8 Å². The van der Waals surface area contributed by atoms with Crippen molar-refractivity contribution in [3.05, 3.63) is 42.6 Å². The maximum atomic E-state index is 15.5. The highest BCUT2D eigenvalue weighted by Crippen LogP contribution is 2.48. The van der Waals surface area contributed by atoms with Gasteiger partial charge < -0.3 is 24.8 Å². The number of aromatic nitrogens is 1. The van der Waals surface area contributed by atoms with Gasteiger partial charge in [-0.3, -0.25) is 24.0 Å². The van der Waals surface area contributed by atoms with Gasteiger partial charge in [0.2, 0.25) is 27.7 Å². The first kappa shape index (κ1) is 44.0. The van der Waals surface area contributed by atoms with Crippen LogP contribution in [0.5, 0.6) is 11.6 Å². The number of benzene rings is 1. The number of allylic oxidation sites excluding steroid dienone is 1. The molecule has 3 N–H and O–H groups in total. The maximum absolute atomic E-state index is 15.5. The monoisotopic (exact) mass is 845 g/mol. The van der Waals surface area contributed by atoms with E-state index in [0.29, 0.717) is 61.7 Å². The highest BCUT2D eigenvalue weighted by molar-refractivity contribution is 7.91. The highest BCUT2D eigenvalue weighted by atomic mass is 32.2. The van der Waals surface area contributed by atoms with E-state index < -0.39 is 85.6 Å². The molecule has 3 heterocycles. The average molecular weight is 846 g/mol. The number of carbonyl (C=O) groups excluding carboxylic acids is 3. The van der Waals surface area contributed by atoms with Gasteiger partial charge >= 0.3 is 6.09 Å². The predicted molar refractivity (Wildman–Crippen MR) is 215 cm³/mol. The molecule has 7 atom stereocenters. The third-order valence-corrected chi connectivity index (χ3v) is 15.2. The van der Waals surface area contributed by atoms with Gasteiger partial charge in [-0.05, 0) is 108 Å². The smallest absolute Gasteiger partial charge is 0.408 e. The molecular weight excluding hydrogens is 789 g/mol. The summed E-state index contributed by atoms with van der Waals surface area (Å²) >= 11 is 0. The lowest BCUT2D eigenvalue weighted by atomic mass is 9.81. The number of halogens is 2. The largest absolute Gasteiger partial charge is 0.494 e. The zero-order valence-corrected chi connectivity index (χ0v) is 35.6. The number of alkyl halides is 2. The van der Waals surface area contributed by atoms with E-state index >= 15 is 13.6 Å². The summed E-state index contributed by atoms with van der Waals surface area (Å²) in [5, 5.41) is 14.9. The van der Waals surface area contributed by atoms with Crippen molar-refractivity contribution in [1.82, 2.24) is 24.8 Å². The minimum Gasteiger partial charge on any atom is -0.494 e. The lowest BCUT2D eigenvalue weighted by Gasteiger charge is -2.47. The van der Waals surface area contributed by atoms with Crippen molar-refractivity contribution in [2.75, 3.05) is 13.2 Å². The van der Waals surface area contributed by atoms with E-state index in [4.69, 9.17) is 9.47 Å². The molecule has 0 unspecified atom stereocenters. The number of pyridine rings is 1. The van der Waals surface area contributed by atoms with Crippen molar-refractivity contribution in [2.45, 2.75) is 140 Å². The minimum atomic E-state index is -4.09. The van der Waals surface area contributed by atoms with Gasteiger partial charge in [0.05, 0.1) is 17.9 Å². The number of carbonyl (C=O) groups is 4. The molecule has 0 spiro atoms. The van der Waals surface area contributed by atoms with Crippen molar-refractivity contribution >= 4 is 44.6 Å². The van der Waals surface area contributed by atoms with E-state index in [1.165, 1.54) is 4.90 Å². The Morgan fingerprint density at radius 2 is 1.85 bits per heavy atom. The zero-order chi connectivity index (χ0) is 43.3. The molecule has 2 saturated carbocycles. The van der Waals surface area contributed by atoms with Crippen molar-refractivity contribution in [3.8, 4) is 11.6 Å². The molecule has 17 heteroatoms. The number of ether oxygens (including phenoxy) is 2. The van der Waals surface area contributed by atoms with Crippen LogP contribution in [0.4, 0.5) is 13.6 Å². The zero-order valence-electron chi connectivity index (χ0n) is 34.8. The summed E-state index contributed by atoms with van der Waals surface area (Å²) < 4.78 is 70.6. The summed E-state index contributed by atoms with van der Waals surface area (Å²) in [6, 6.07) is 4.11. The van der Waals surface area contributed by atoms with Crippen molar-refractivity contribution < 1.29 is 51.0 Å². The second-order valence-electron chi connectivity index (χ2n) is 17.6. The van der Waals surface area contributed by atoms with Gasteiger partial charge in [0.1, 0.15) is 35.0 Å². The molecule has 4 amide bonds. The first-order chi connectivity index (χ1) is 27.6. The molecule has 3 fully saturated rings. The second kappa shape index (κ2) is 16.1. The fourth-order valence-corrected chi connectivity index (χ4v) is 9.79. The lowest BCUT2D eigenvalue weighted by Crippen LogP contribution is -2.67. The summed E-state index contributed by atoms with van der Waals surface area (Å²) in [6.07, 6.45) is 5.00. The van der Waals surface area contributed by atoms with Gasteiger partial charge in [0.15, 0.2) is 0 Å². The van der Waals surface area contributed by atoms with E-state index in [9.17, 15) is 27.9 Å². The van der Waals surface area contributed by atoms with Crippen LogP contribution in [-0.2, 0) is 24.4 Å². The summed E-state index contributed by atoms with van der Waals surface area (Å²) in [5.41, 5.74) is -4.03. The van der Waals surface area contributed by atoms with Gasteiger partial charge in [0.25, 0.3) is 11.8 Å². The number of hydrogen-bond acceptors (Lipinski definition) is 9. The van der Waals surface area contributed by atoms with E-state index in [1.807, 2.05) is 26.0 Å². The topological polar surface area (TPSA) is 185 Å². The molecule has 2 aliphatic heterocycles. The molecule has 6 rings (SSSR count). The number of nitrogens with zero attached hydrogens (tertiary/aromatic N) is 3. The molecule has 0 bridgehead atoms. The van der Waals surface area contributed by atoms with Crippen LogP contribution in [0.2, 0.25) is 0 Å². The summed E-state index contributed by atoms with van der Waals surface area (Å²) in [5.74, 6) is -6.69. The Bertz CT molecular complexity index is 2110. The number of sulfonamides is 1. The molecule has 0 radical (unpaired) electrons. The van der Waals surface area contributed by atoms with Crippen LogP contribution < -0.4 is 19.5 Å². The Balaban J connectivity index is 1.43. The van der Waals surface area contributed by atoms with Gasteiger partial charge in [0, 0.05) is 30.8 Å². The van der Waals surface area contributed by atoms with Crippen molar-refractivity contribution in [2.24, 2.45) is 17.8 Å². The Morgan fingerprint density at radius 1 is 1.14 bits per heavy atom. The lowest BCUT2D eigenvalue weighted by molar-refractivity contribution is -0.157. The normalized spacial score (nSPS) is 28.7. The Hall–Kier alpha value is -4.54. The summed E-state index contributed by atoms with van der Waals surface area (Å²) in [6.45, 7) is 10.1. The first-order valence-corrected chi connectivity index (χ1v) is 22.0. The van der Waals surface area contributed by atoms with Crippen LogP contribution in [0.3, 0.4) is 0 Å². The molecule has 324 valence electrons. The Kier molecular flexibility index (Phi) is 12.0. The summed E-state index contributed by atoms with van der Waals surface area (Å²) in [4.78, 5) is 63.3. The van der Waals surface area contributed by atoms with Crippen molar-refractivity contribution in [1.29, 1.82) is 0 Å². The molecule has 2 aromatic rings. The standard InChI is InChI=1S/C42H57F2N5O9S/c1-8-26-20-25(3)12-10-11-13-28-23-42(28,37(52)47-59(55,56)40(6)17-18-40)46-34(50)32-22-30(58-35-31-15-14-29(57-9-2)21-27(31)16-19-45-35)24-48(32)36(51)33(26)49(38(53)54)39(4,5)41(7,43)44/h11,13-16,19,21,25-26,28,30,32-33H,8-10,12,17-18,20,22-24H2,1-7H3,(H,46,50)(H,47,52)(H,53,54)/t25-,26+,28+,30+,32-,33-,42+/m0/s1. The predicted octanol–water partition coefficient (Wildman–Crippen LogP) is 6.04. The molecule has 4 aliphatic rings. The Morgan fingerprint density at radius 3 is 2.47 bits per heavy atom. The molecule has 1 aromatic heterocycles. The molecule has 1 saturated heterocycles. The van der Waals surface area contributed by atoms with E-state index in [0.717, 1.165) is 19.2 Å². The molecule has 59 heavy (non-hydrogen) atoms. The van der Waals surface area contributed by atoms with Gasteiger partial charge in [-0.15, -0.1) is 0 Å². The van der Waals surface area contributed by atoms with E-state index in [1.54, 1.807) is 44.3 Å². The molecule has 14 nitrogen and oxygen atoms in total. The van der Waals surface area contributed by atoms with Crippen LogP contribution >= 0.6 is 0 Å². The SMILES string of the molecule is CCOc1ccc2c(O[C@@H]3C[C@H]4C(=O)N[C@]5(C(=O)NS(=O)(=O)C6(C)CC6)C[C@H]5C=CCC[C@H](C)C[C@@H](CC)[C@H](N(C(=O)O)C(C)(C)C(C)(F)F)C(=O)N4C3)nccc2c1. The van der Waals surface area contributed by atoms with Crippen LogP contribution in [-0.4, -0.2) is 105 Å². The van der Waals surface area contributed by atoms with Gasteiger partial charge in [-0.25, -0.2) is 27.0 Å². The van der Waals surface area contributed by atoms with E-state index in [2.05, 4.69) is 15.0 Å². The number of fused-ring (bicyclic) bond motifs is 3. The molecule has 2 aliphatic carbocycles. The number of amides is 4. The maximum Gasteiger partial charge on any atom is 0.408 e. The molecule has 1 aromatic carbocycles. The number of nitrogens with one attached hydrogen (secondary N) is 2. The highest BCUT2D eigenvalue weighted by Gasteiger charge is 2.63. The fourth-order valence-electron chi connectivity index (χ4n) is 8.48. The minimum absolute atomic E-state index is 0.0894. The fraction of sp³-hybridized carbons (Fsp3) is 0.643. The quantitative estimate of drug-likeness (QED) is 0.226. The Labute approximate surface area is 344 Å². The van der Waals surface area contributed by atoms with E-state index in [-0.39, 0.29) is 37.6 Å².